The van der Waals surface area contributed by atoms with E-state index in [4.69, 9.17) is 4.74 Å². The number of ether oxygens (including phenoxy) is 1. The lowest BCUT2D eigenvalue weighted by atomic mass is 10.0. The van der Waals surface area contributed by atoms with E-state index < -0.39 is 18.2 Å². The molecule has 0 fully saturated rings. The summed E-state index contributed by atoms with van der Waals surface area (Å²) < 4.78 is 5.93. The molecule has 0 spiro atoms. The van der Waals surface area contributed by atoms with Crippen molar-refractivity contribution < 1.29 is 24.5 Å². The molecule has 6 heteroatoms. The minimum Gasteiger partial charge on any atom is -0.462 e. The highest BCUT2D eigenvalue weighted by Gasteiger charge is 2.24. The van der Waals surface area contributed by atoms with E-state index in [1.807, 2.05) is 0 Å². The van der Waals surface area contributed by atoms with E-state index in [1.165, 1.54) is 141 Å². The Morgan fingerprint density at radius 2 is 0.750 bits per heavy atom. The van der Waals surface area contributed by atoms with Crippen molar-refractivity contribution in [3.05, 3.63) is 72.9 Å². The average molecular weight is 951 g/mol. The van der Waals surface area contributed by atoms with Gasteiger partial charge in [0.05, 0.1) is 25.2 Å². The summed E-state index contributed by atoms with van der Waals surface area (Å²) in [5.74, 6) is -0.533. The van der Waals surface area contributed by atoms with Gasteiger partial charge in [-0.3, -0.25) is 9.59 Å². The van der Waals surface area contributed by atoms with Crippen molar-refractivity contribution >= 4 is 11.9 Å². The van der Waals surface area contributed by atoms with E-state index in [0.717, 1.165) is 96.3 Å². The van der Waals surface area contributed by atoms with Crippen molar-refractivity contribution in [3.63, 3.8) is 0 Å². The Morgan fingerprint density at radius 1 is 0.426 bits per heavy atom. The summed E-state index contributed by atoms with van der Waals surface area (Å²) in [5.41, 5.74) is 0. The number of carbonyl (C=O) groups excluding carboxylic acids is 2. The number of esters is 1. The number of unbranched alkanes of at least 4 members (excludes halogenated alkanes) is 28. The highest BCUT2D eigenvalue weighted by molar-refractivity contribution is 5.77. The lowest BCUT2D eigenvalue weighted by Crippen LogP contribution is -2.46. The third-order valence-electron chi connectivity index (χ3n) is 13.0. The van der Waals surface area contributed by atoms with Gasteiger partial charge < -0.3 is 20.3 Å². The molecule has 0 rings (SSSR count). The lowest BCUT2D eigenvalue weighted by Gasteiger charge is -2.24. The van der Waals surface area contributed by atoms with E-state index in [0.29, 0.717) is 19.3 Å². The minimum absolute atomic E-state index is 0.0407. The molecular weight excluding hydrogens is 839 g/mol. The van der Waals surface area contributed by atoms with Gasteiger partial charge in [-0.2, -0.15) is 0 Å². The molecule has 0 aliphatic rings. The van der Waals surface area contributed by atoms with Crippen LogP contribution in [0.25, 0.3) is 0 Å². The van der Waals surface area contributed by atoms with E-state index in [1.54, 1.807) is 0 Å². The summed E-state index contributed by atoms with van der Waals surface area (Å²) in [6.45, 7) is 6.43. The van der Waals surface area contributed by atoms with Crippen LogP contribution in [-0.2, 0) is 14.3 Å². The Hall–Kier alpha value is -2.70. The standard InChI is InChI=1S/C62H111NO5/c1-4-7-10-13-16-19-22-25-28-30-33-36-39-42-45-48-51-54-60(65)59(57-64)63-61(66)56-58(53-50-47-44-41-38-35-32-27-24-21-18-15-12-9-6-3)68-62(67)55-52-49-46-43-40-37-34-31-29-26-23-20-17-14-11-8-5-2/h17-18,20-21,26-27,29,32,34,37-38,41,58-60,64-65H,4-16,19,22-25,28,30-31,33,35-36,39-40,42-57H2,1-3H3,(H,63,66)/b20-17-,21-18-,29-26-,32-27-,37-34-,41-38-. The lowest BCUT2D eigenvalue weighted by molar-refractivity contribution is -0.151. The maximum atomic E-state index is 13.3. The van der Waals surface area contributed by atoms with Crippen LogP contribution in [0.15, 0.2) is 72.9 Å². The fourth-order valence-electron chi connectivity index (χ4n) is 8.56. The molecule has 0 aromatic carbocycles. The minimum atomic E-state index is -0.806. The first kappa shape index (κ1) is 65.3. The molecule has 0 bridgehead atoms. The van der Waals surface area contributed by atoms with Crippen LogP contribution in [0.5, 0.6) is 0 Å². The predicted octanol–water partition coefficient (Wildman–Crippen LogP) is 18.1. The molecule has 0 heterocycles. The first-order chi connectivity index (χ1) is 33.5. The van der Waals surface area contributed by atoms with Crippen molar-refractivity contribution in [2.75, 3.05) is 6.61 Å². The van der Waals surface area contributed by atoms with Crippen LogP contribution in [0.1, 0.15) is 284 Å². The van der Waals surface area contributed by atoms with Gasteiger partial charge in [0.2, 0.25) is 5.91 Å². The zero-order valence-corrected chi connectivity index (χ0v) is 45.0. The third-order valence-corrected chi connectivity index (χ3v) is 13.0. The van der Waals surface area contributed by atoms with Gasteiger partial charge >= 0.3 is 5.97 Å². The van der Waals surface area contributed by atoms with E-state index in [9.17, 15) is 19.8 Å². The molecule has 0 aliphatic heterocycles. The Kier molecular flexibility index (Phi) is 53.0. The fourth-order valence-corrected chi connectivity index (χ4v) is 8.56. The molecule has 0 aliphatic carbocycles. The monoisotopic (exact) mass is 950 g/mol. The van der Waals surface area contributed by atoms with Crippen LogP contribution in [0.2, 0.25) is 0 Å². The third kappa shape index (κ3) is 49.7. The Morgan fingerprint density at radius 3 is 1.18 bits per heavy atom. The molecule has 0 saturated heterocycles. The highest BCUT2D eigenvalue weighted by Crippen LogP contribution is 2.18. The van der Waals surface area contributed by atoms with Gasteiger partial charge in [0.1, 0.15) is 6.10 Å². The normalized spacial score (nSPS) is 13.7. The number of amides is 1. The number of allylic oxidation sites excluding steroid dienone is 12. The molecule has 3 unspecified atom stereocenters. The van der Waals surface area contributed by atoms with Gasteiger partial charge in [-0.15, -0.1) is 0 Å². The van der Waals surface area contributed by atoms with Crippen LogP contribution >= 0.6 is 0 Å². The van der Waals surface area contributed by atoms with Gasteiger partial charge in [-0.05, 0) is 103 Å². The Balaban J connectivity index is 4.63. The average Bonchev–Trinajstić information content (AvgIpc) is 3.33. The van der Waals surface area contributed by atoms with Crippen LogP contribution in [0.3, 0.4) is 0 Å². The number of hydrogen-bond acceptors (Lipinski definition) is 5. The van der Waals surface area contributed by atoms with Gasteiger partial charge in [0, 0.05) is 6.42 Å². The van der Waals surface area contributed by atoms with Crippen LogP contribution in [0, 0.1) is 0 Å². The molecule has 3 atom stereocenters. The molecule has 0 saturated carbocycles. The SMILES string of the molecule is CCCCC/C=C\C/C=C\C/C=C\CCCCCCC(=O)OC(CCCC/C=C\C/C=C\C/C=C\CCCCC)CC(=O)NC(CO)C(O)CCCCCCCCCCCCCCCCCCC. The smallest absolute Gasteiger partial charge is 0.306 e. The molecule has 0 radical (unpaired) electrons. The van der Waals surface area contributed by atoms with E-state index in [2.05, 4.69) is 99.0 Å². The second kappa shape index (κ2) is 55.2. The van der Waals surface area contributed by atoms with Gasteiger partial charge in [-0.25, -0.2) is 0 Å². The van der Waals surface area contributed by atoms with Gasteiger partial charge in [0.15, 0.2) is 0 Å². The van der Waals surface area contributed by atoms with Gasteiger partial charge in [0.25, 0.3) is 0 Å². The van der Waals surface area contributed by atoms with Crippen molar-refractivity contribution in [2.24, 2.45) is 0 Å². The molecule has 394 valence electrons. The maximum Gasteiger partial charge on any atom is 0.306 e. The molecule has 0 aromatic rings. The summed E-state index contributed by atoms with van der Waals surface area (Å²) in [4.78, 5) is 26.3. The van der Waals surface area contributed by atoms with Gasteiger partial charge in [-0.1, -0.05) is 241 Å². The Labute approximate surface area is 421 Å². The quantitative estimate of drug-likeness (QED) is 0.0321. The first-order valence-corrected chi connectivity index (χ1v) is 29.2. The maximum absolute atomic E-state index is 13.3. The summed E-state index contributed by atoms with van der Waals surface area (Å²) >= 11 is 0. The summed E-state index contributed by atoms with van der Waals surface area (Å²) in [6, 6.07) is -0.723. The fraction of sp³-hybridized carbons (Fsp3) is 0.774. The molecular formula is C62H111NO5. The second-order valence-corrected chi connectivity index (χ2v) is 19.7. The zero-order valence-electron chi connectivity index (χ0n) is 45.0. The van der Waals surface area contributed by atoms with E-state index in [-0.39, 0.29) is 24.9 Å². The highest BCUT2D eigenvalue weighted by atomic mass is 16.5. The number of nitrogens with one attached hydrogen (secondary N) is 1. The van der Waals surface area contributed by atoms with Crippen molar-refractivity contribution in [1.82, 2.24) is 5.32 Å². The number of rotatable bonds is 52. The number of aliphatic hydroxyl groups excluding tert-OH is 2. The second-order valence-electron chi connectivity index (χ2n) is 19.7. The van der Waals surface area contributed by atoms with Crippen LogP contribution in [0.4, 0.5) is 0 Å². The van der Waals surface area contributed by atoms with Crippen molar-refractivity contribution in [3.8, 4) is 0 Å². The van der Waals surface area contributed by atoms with Crippen LogP contribution < -0.4 is 5.32 Å². The predicted molar refractivity (Wildman–Crippen MR) is 296 cm³/mol. The molecule has 3 N–H and O–H groups in total. The van der Waals surface area contributed by atoms with E-state index >= 15 is 0 Å². The Bertz CT molecular complexity index is 1250. The topological polar surface area (TPSA) is 95.9 Å². The first-order valence-electron chi connectivity index (χ1n) is 29.2. The van der Waals surface area contributed by atoms with Crippen molar-refractivity contribution in [2.45, 2.75) is 302 Å². The number of carbonyl (C=O) groups is 2. The summed E-state index contributed by atoms with van der Waals surface area (Å²) in [5, 5.41) is 23.9. The molecule has 6 nitrogen and oxygen atoms in total. The summed E-state index contributed by atoms with van der Waals surface area (Å²) in [7, 11) is 0. The number of hydrogen-bond donors (Lipinski definition) is 3. The molecule has 0 aromatic heterocycles. The number of aliphatic hydroxyl groups is 2. The zero-order chi connectivity index (χ0) is 49.5. The molecule has 1 amide bonds. The van der Waals surface area contributed by atoms with Crippen molar-refractivity contribution in [1.29, 1.82) is 0 Å². The summed E-state index contributed by atoms with van der Waals surface area (Å²) in [6.07, 6.45) is 71.1. The van der Waals surface area contributed by atoms with Crippen LogP contribution in [-0.4, -0.2) is 46.9 Å². The molecule has 68 heavy (non-hydrogen) atoms. The largest absolute Gasteiger partial charge is 0.462 e.